The zero-order valence-electron chi connectivity index (χ0n) is 9.89. The minimum atomic E-state index is -0.0984. The molecule has 18 heavy (non-hydrogen) atoms. The number of pyridine rings is 1. The number of aromatic nitrogens is 3. The Hall–Kier alpha value is -2.01. The fraction of sp³-hybridized carbons (Fsp3) is 0.308. The van der Waals surface area contributed by atoms with Gasteiger partial charge in [0, 0.05) is 36.5 Å². The van der Waals surface area contributed by atoms with Crippen LogP contribution in [0.25, 0.3) is 11.4 Å². The predicted octanol–water partition coefficient (Wildman–Crippen LogP) is 0.909. The number of aromatic amines is 1. The van der Waals surface area contributed by atoms with Gasteiger partial charge in [-0.05, 0) is 25.1 Å². The van der Waals surface area contributed by atoms with Crippen molar-refractivity contribution in [3.05, 3.63) is 46.6 Å². The summed E-state index contributed by atoms with van der Waals surface area (Å²) in [7, 11) is 0. The van der Waals surface area contributed by atoms with E-state index >= 15 is 0 Å². The van der Waals surface area contributed by atoms with Crippen LogP contribution >= 0.6 is 0 Å². The van der Waals surface area contributed by atoms with Crippen molar-refractivity contribution in [1.29, 1.82) is 0 Å². The molecule has 92 valence electrons. The standard InChI is InChI=1S/C13H14N4O/c18-12-7-11(10-3-6-15-8-10)16-13(17-12)9-1-4-14-5-2-9/h1-2,4-5,7,10,15H,3,6,8H2,(H,16,17,18)/t10-/m1/s1. The average molecular weight is 242 g/mol. The number of hydrogen-bond acceptors (Lipinski definition) is 4. The molecule has 1 atom stereocenters. The first-order valence-electron chi connectivity index (χ1n) is 6.05. The molecule has 1 fully saturated rings. The molecule has 5 heteroatoms. The van der Waals surface area contributed by atoms with Crippen LogP contribution in [0.1, 0.15) is 18.0 Å². The lowest BCUT2D eigenvalue weighted by molar-refractivity contribution is 0.729. The molecular weight excluding hydrogens is 228 g/mol. The monoisotopic (exact) mass is 242 g/mol. The molecule has 0 aliphatic carbocycles. The van der Waals surface area contributed by atoms with E-state index in [4.69, 9.17) is 0 Å². The minimum Gasteiger partial charge on any atom is -0.316 e. The van der Waals surface area contributed by atoms with Gasteiger partial charge < -0.3 is 10.3 Å². The van der Waals surface area contributed by atoms with Crippen LogP contribution in [-0.4, -0.2) is 28.0 Å². The Labute approximate surface area is 104 Å². The second-order valence-corrected chi connectivity index (χ2v) is 4.44. The molecule has 2 N–H and O–H groups in total. The third kappa shape index (κ3) is 2.17. The van der Waals surface area contributed by atoms with Crippen molar-refractivity contribution in [2.45, 2.75) is 12.3 Å². The molecule has 3 rings (SSSR count). The van der Waals surface area contributed by atoms with Gasteiger partial charge in [0.25, 0.3) is 5.56 Å². The Balaban J connectivity index is 2.03. The molecule has 0 unspecified atom stereocenters. The summed E-state index contributed by atoms with van der Waals surface area (Å²) < 4.78 is 0. The molecule has 5 nitrogen and oxygen atoms in total. The first-order valence-corrected chi connectivity index (χ1v) is 6.05. The maximum absolute atomic E-state index is 11.7. The van der Waals surface area contributed by atoms with Crippen LogP contribution in [0.15, 0.2) is 35.4 Å². The summed E-state index contributed by atoms with van der Waals surface area (Å²) >= 11 is 0. The number of hydrogen-bond donors (Lipinski definition) is 2. The van der Waals surface area contributed by atoms with Crippen LogP contribution in [0.5, 0.6) is 0 Å². The Morgan fingerprint density at radius 2 is 2.11 bits per heavy atom. The van der Waals surface area contributed by atoms with Gasteiger partial charge in [-0.2, -0.15) is 0 Å². The second kappa shape index (κ2) is 4.70. The predicted molar refractivity (Wildman–Crippen MR) is 68.3 cm³/mol. The smallest absolute Gasteiger partial charge is 0.251 e. The highest BCUT2D eigenvalue weighted by Gasteiger charge is 2.19. The Morgan fingerprint density at radius 1 is 1.28 bits per heavy atom. The number of rotatable bonds is 2. The first-order chi connectivity index (χ1) is 8.83. The Morgan fingerprint density at radius 3 is 2.83 bits per heavy atom. The molecule has 2 aromatic rings. The molecule has 0 amide bonds. The lowest BCUT2D eigenvalue weighted by atomic mass is 10.0. The zero-order chi connectivity index (χ0) is 12.4. The van der Waals surface area contributed by atoms with Crippen LogP contribution in [0, 0.1) is 0 Å². The summed E-state index contributed by atoms with van der Waals surface area (Å²) in [6.07, 6.45) is 4.42. The number of H-pyrrole nitrogens is 1. The van der Waals surface area contributed by atoms with Crippen LogP contribution in [0.2, 0.25) is 0 Å². The Bertz CT molecular complexity index is 587. The highest BCUT2D eigenvalue weighted by molar-refractivity contribution is 5.53. The van der Waals surface area contributed by atoms with E-state index in [1.165, 1.54) is 0 Å². The van der Waals surface area contributed by atoms with Crippen molar-refractivity contribution >= 4 is 0 Å². The van der Waals surface area contributed by atoms with Gasteiger partial charge in [0.2, 0.25) is 0 Å². The van der Waals surface area contributed by atoms with E-state index in [1.54, 1.807) is 18.5 Å². The molecule has 0 spiro atoms. The van der Waals surface area contributed by atoms with E-state index in [0.717, 1.165) is 30.8 Å². The maximum Gasteiger partial charge on any atom is 0.251 e. The topological polar surface area (TPSA) is 70.7 Å². The lowest BCUT2D eigenvalue weighted by Crippen LogP contribution is -2.15. The quantitative estimate of drug-likeness (QED) is 0.821. The van der Waals surface area contributed by atoms with Gasteiger partial charge in [-0.15, -0.1) is 0 Å². The van der Waals surface area contributed by atoms with Crippen LogP contribution in [-0.2, 0) is 0 Å². The number of nitrogens with zero attached hydrogens (tertiary/aromatic N) is 2. The van der Waals surface area contributed by atoms with E-state index in [2.05, 4.69) is 20.3 Å². The van der Waals surface area contributed by atoms with Crippen LogP contribution in [0.4, 0.5) is 0 Å². The van der Waals surface area contributed by atoms with E-state index < -0.39 is 0 Å². The van der Waals surface area contributed by atoms with Gasteiger partial charge in [0.15, 0.2) is 0 Å². The average Bonchev–Trinajstić information content (AvgIpc) is 2.93. The second-order valence-electron chi connectivity index (χ2n) is 4.44. The lowest BCUT2D eigenvalue weighted by Gasteiger charge is -2.09. The summed E-state index contributed by atoms with van der Waals surface area (Å²) in [6, 6.07) is 5.28. The molecule has 3 heterocycles. The van der Waals surface area contributed by atoms with Crippen molar-refractivity contribution < 1.29 is 0 Å². The molecule has 1 aliphatic heterocycles. The fourth-order valence-electron chi connectivity index (χ4n) is 2.24. The summed E-state index contributed by atoms with van der Waals surface area (Å²) in [5.41, 5.74) is 1.66. The summed E-state index contributed by atoms with van der Waals surface area (Å²) in [6.45, 7) is 1.88. The van der Waals surface area contributed by atoms with Gasteiger partial charge >= 0.3 is 0 Å². The van der Waals surface area contributed by atoms with Crippen molar-refractivity contribution in [3.8, 4) is 11.4 Å². The summed E-state index contributed by atoms with van der Waals surface area (Å²) in [5.74, 6) is 0.958. The van der Waals surface area contributed by atoms with Crippen molar-refractivity contribution in [2.24, 2.45) is 0 Å². The first kappa shape index (κ1) is 11.1. The fourth-order valence-corrected chi connectivity index (χ4v) is 2.24. The maximum atomic E-state index is 11.7. The third-order valence-corrected chi connectivity index (χ3v) is 3.19. The highest BCUT2D eigenvalue weighted by atomic mass is 16.1. The molecule has 2 aromatic heterocycles. The van der Waals surface area contributed by atoms with E-state index in [0.29, 0.717) is 11.7 Å². The van der Waals surface area contributed by atoms with E-state index in [-0.39, 0.29) is 5.56 Å². The SMILES string of the molecule is O=c1cc([C@@H]2CCNC2)nc(-c2ccncc2)[nH]1. The third-order valence-electron chi connectivity index (χ3n) is 3.19. The van der Waals surface area contributed by atoms with Gasteiger partial charge in [-0.25, -0.2) is 4.98 Å². The van der Waals surface area contributed by atoms with Gasteiger partial charge in [0.1, 0.15) is 5.82 Å². The number of nitrogens with one attached hydrogen (secondary N) is 2. The molecular formula is C13H14N4O. The molecule has 0 aromatic carbocycles. The molecule has 0 bridgehead atoms. The molecule has 0 saturated carbocycles. The van der Waals surface area contributed by atoms with Crippen molar-refractivity contribution in [3.63, 3.8) is 0 Å². The normalized spacial score (nSPS) is 19.0. The van der Waals surface area contributed by atoms with Gasteiger partial charge in [-0.3, -0.25) is 9.78 Å². The largest absolute Gasteiger partial charge is 0.316 e. The van der Waals surface area contributed by atoms with E-state index in [9.17, 15) is 4.79 Å². The minimum absolute atomic E-state index is 0.0984. The molecule has 1 saturated heterocycles. The van der Waals surface area contributed by atoms with Gasteiger partial charge in [0.05, 0.1) is 5.69 Å². The van der Waals surface area contributed by atoms with Crippen molar-refractivity contribution in [2.75, 3.05) is 13.1 Å². The summed E-state index contributed by atoms with van der Waals surface area (Å²) in [4.78, 5) is 23.0. The van der Waals surface area contributed by atoms with Crippen molar-refractivity contribution in [1.82, 2.24) is 20.3 Å². The Kier molecular flexibility index (Phi) is 2.90. The zero-order valence-corrected chi connectivity index (χ0v) is 9.89. The molecule has 0 radical (unpaired) electrons. The van der Waals surface area contributed by atoms with Crippen LogP contribution < -0.4 is 10.9 Å². The highest BCUT2D eigenvalue weighted by Crippen LogP contribution is 2.21. The molecule has 1 aliphatic rings. The van der Waals surface area contributed by atoms with Crippen LogP contribution in [0.3, 0.4) is 0 Å². The van der Waals surface area contributed by atoms with Gasteiger partial charge in [-0.1, -0.05) is 0 Å². The summed E-state index contributed by atoms with van der Waals surface area (Å²) in [5, 5.41) is 3.29. The van der Waals surface area contributed by atoms with E-state index in [1.807, 2.05) is 12.1 Å².